The van der Waals surface area contributed by atoms with Crippen LogP contribution in [0.15, 0.2) is 27.3 Å². The molecule has 2 rings (SSSR count). The maximum atomic E-state index is 10.6. The fourth-order valence-corrected chi connectivity index (χ4v) is 3.44. The van der Waals surface area contributed by atoms with Crippen molar-refractivity contribution in [3.05, 3.63) is 34.7 Å². The minimum absolute atomic E-state index is 0.0514. The Morgan fingerprint density at radius 1 is 1.65 bits per heavy atom. The molecule has 0 atom stereocenters. The van der Waals surface area contributed by atoms with Gasteiger partial charge in [-0.15, -0.1) is 11.3 Å². The molecule has 0 aliphatic rings. The van der Waals surface area contributed by atoms with E-state index < -0.39 is 5.97 Å². The number of carbonyl (C=O) groups is 1. The number of thiazole rings is 1. The number of rotatable bonds is 5. The SMILES string of the molecule is Cc1nc(SCc2ccoc2)sc1CC(=O)O. The van der Waals surface area contributed by atoms with Gasteiger partial charge in [0.2, 0.25) is 0 Å². The van der Waals surface area contributed by atoms with Crippen LogP contribution in [0.4, 0.5) is 0 Å². The van der Waals surface area contributed by atoms with E-state index in [0.717, 1.165) is 26.2 Å². The highest BCUT2D eigenvalue weighted by Crippen LogP contribution is 2.29. The van der Waals surface area contributed by atoms with Crippen LogP contribution in [0.25, 0.3) is 0 Å². The van der Waals surface area contributed by atoms with Crippen LogP contribution in [0.3, 0.4) is 0 Å². The summed E-state index contributed by atoms with van der Waals surface area (Å²) >= 11 is 3.04. The average Bonchev–Trinajstić information content (AvgIpc) is 2.86. The molecule has 0 aliphatic heterocycles. The first-order valence-electron chi connectivity index (χ1n) is 4.97. The highest BCUT2D eigenvalue weighted by molar-refractivity contribution is 8.00. The molecule has 17 heavy (non-hydrogen) atoms. The van der Waals surface area contributed by atoms with Crippen LogP contribution in [-0.4, -0.2) is 16.1 Å². The molecule has 0 unspecified atom stereocenters. The molecule has 0 bridgehead atoms. The second-order valence-electron chi connectivity index (χ2n) is 3.48. The predicted octanol–water partition coefficient (Wildman–Crippen LogP) is 2.96. The molecule has 90 valence electrons. The third kappa shape index (κ3) is 3.34. The van der Waals surface area contributed by atoms with E-state index in [0.29, 0.717) is 0 Å². The molecule has 0 radical (unpaired) electrons. The maximum absolute atomic E-state index is 10.6. The normalized spacial score (nSPS) is 10.6. The quantitative estimate of drug-likeness (QED) is 0.845. The number of thioether (sulfide) groups is 1. The van der Waals surface area contributed by atoms with Crippen molar-refractivity contribution in [3.63, 3.8) is 0 Å². The Balaban J connectivity index is 1.99. The third-order valence-corrected chi connectivity index (χ3v) is 4.50. The van der Waals surface area contributed by atoms with Gasteiger partial charge in [0.15, 0.2) is 4.34 Å². The molecule has 1 N–H and O–H groups in total. The number of aromatic nitrogens is 1. The average molecular weight is 269 g/mol. The second kappa shape index (κ2) is 5.37. The first-order chi connectivity index (χ1) is 8.15. The monoisotopic (exact) mass is 269 g/mol. The van der Waals surface area contributed by atoms with Crippen LogP contribution >= 0.6 is 23.1 Å². The summed E-state index contributed by atoms with van der Waals surface area (Å²) in [5, 5.41) is 8.74. The van der Waals surface area contributed by atoms with Crippen LogP contribution in [0.2, 0.25) is 0 Å². The lowest BCUT2D eigenvalue weighted by Gasteiger charge is -1.92. The fourth-order valence-electron chi connectivity index (χ4n) is 1.28. The lowest BCUT2D eigenvalue weighted by molar-refractivity contribution is -0.136. The number of nitrogens with zero attached hydrogens (tertiary/aromatic N) is 1. The van der Waals surface area contributed by atoms with Crippen molar-refractivity contribution in [2.75, 3.05) is 0 Å². The van der Waals surface area contributed by atoms with Gasteiger partial charge in [0.25, 0.3) is 0 Å². The standard InChI is InChI=1S/C11H11NO3S2/c1-7-9(4-10(13)14)17-11(12-7)16-6-8-2-3-15-5-8/h2-3,5H,4,6H2,1H3,(H,13,14). The zero-order valence-electron chi connectivity index (χ0n) is 9.17. The van der Waals surface area contributed by atoms with Gasteiger partial charge in [-0.1, -0.05) is 11.8 Å². The largest absolute Gasteiger partial charge is 0.481 e. The molecule has 0 saturated carbocycles. The van der Waals surface area contributed by atoms with Crippen molar-refractivity contribution in [3.8, 4) is 0 Å². The summed E-state index contributed by atoms with van der Waals surface area (Å²) in [6.07, 6.45) is 3.39. The van der Waals surface area contributed by atoms with Crippen LogP contribution < -0.4 is 0 Å². The number of furan rings is 1. The van der Waals surface area contributed by atoms with Crippen LogP contribution in [0.1, 0.15) is 16.1 Å². The number of carboxylic acid groups (broad SMARTS) is 1. The van der Waals surface area contributed by atoms with Gasteiger partial charge in [0, 0.05) is 16.2 Å². The second-order valence-corrected chi connectivity index (χ2v) is 5.79. The molecule has 0 spiro atoms. The van der Waals surface area contributed by atoms with E-state index in [9.17, 15) is 4.79 Å². The van der Waals surface area contributed by atoms with Crippen molar-refractivity contribution in [2.24, 2.45) is 0 Å². The van der Waals surface area contributed by atoms with Gasteiger partial charge in [-0.2, -0.15) is 0 Å². The zero-order valence-corrected chi connectivity index (χ0v) is 10.8. The van der Waals surface area contributed by atoms with Gasteiger partial charge in [-0.05, 0) is 13.0 Å². The van der Waals surface area contributed by atoms with E-state index in [4.69, 9.17) is 9.52 Å². The van der Waals surface area contributed by atoms with Gasteiger partial charge in [-0.3, -0.25) is 4.79 Å². The molecule has 0 aromatic carbocycles. The smallest absolute Gasteiger partial charge is 0.308 e. The summed E-state index contributed by atoms with van der Waals surface area (Å²) in [5.41, 5.74) is 1.91. The third-order valence-electron chi connectivity index (χ3n) is 2.13. The Hall–Kier alpha value is -1.27. The van der Waals surface area contributed by atoms with Crippen molar-refractivity contribution >= 4 is 29.1 Å². The molecule has 4 nitrogen and oxygen atoms in total. The number of carboxylic acids is 1. The van der Waals surface area contributed by atoms with Gasteiger partial charge in [0.1, 0.15) is 0 Å². The Morgan fingerprint density at radius 2 is 2.47 bits per heavy atom. The van der Waals surface area contributed by atoms with E-state index in [-0.39, 0.29) is 6.42 Å². The molecule has 0 fully saturated rings. The van der Waals surface area contributed by atoms with Crippen LogP contribution in [0.5, 0.6) is 0 Å². The molecule has 2 aromatic rings. The minimum atomic E-state index is -0.817. The molecular weight excluding hydrogens is 258 g/mol. The van der Waals surface area contributed by atoms with Gasteiger partial charge in [-0.25, -0.2) is 4.98 Å². The number of aryl methyl sites for hydroxylation is 1. The molecule has 2 heterocycles. The van der Waals surface area contributed by atoms with E-state index >= 15 is 0 Å². The minimum Gasteiger partial charge on any atom is -0.481 e. The Kier molecular flexibility index (Phi) is 3.86. The summed E-state index contributed by atoms with van der Waals surface area (Å²) in [7, 11) is 0. The van der Waals surface area contributed by atoms with E-state index in [2.05, 4.69) is 4.98 Å². The van der Waals surface area contributed by atoms with Crippen molar-refractivity contribution < 1.29 is 14.3 Å². The summed E-state index contributed by atoms with van der Waals surface area (Å²) < 4.78 is 5.88. The molecular formula is C11H11NO3S2. The van der Waals surface area contributed by atoms with Gasteiger partial charge < -0.3 is 9.52 Å². The summed E-state index contributed by atoms with van der Waals surface area (Å²) in [6.45, 7) is 1.84. The molecule has 0 amide bonds. The summed E-state index contributed by atoms with van der Waals surface area (Å²) in [6, 6.07) is 1.91. The first-order valence-corrected chi connectivity index (χ1v) is 6.77. The van der Waals surface area contributed by atoms with Gasteiger partial charge >= 0.3 is 5.97 Å². The lowest BCUT2D eigenvalue weighted by atomic mass is 10.3. The van der Waals surface area contributed by atoms with Crippen molar-refractivity contribution in [1.82, 2.24) is 4.98 Å². The van der Waals surface area contributed by atoms with Gasteiger partial charge in [0.05, 0.1) is 24.6 Å². The lowest BCUT2D eigenvalue weighted by Crippen LogP contribution is -1.99. The molecule has 0 aliphatic carbocycles. The van der Waals surface area contributed by atoms with Crippen LogP contribution in [-0.2, 0) is 17.0 Å². The maximum Gasteiger partial charge on any atom is 0.308 e. The Morgan fingerprint density at radius 3 is 3.12 bits per heavy atom. The van der Waals surface area contributed by atoms with E-state index in [1.807, 2.05) is 13.0 Å². The van der Waals surface area contributed by atoms with Crippen molar-refractivity contribution in [2.45, 2.75) is 23.4 Å². The molecule has 6 heteroatoms. The zero-order chi connectivity index (χ0) is 12.3. The first kappa shape index (κ1) is 12.2. The molecule has 2 aromatic heterocycles. The summed E-state index contributed by atoms with van der Waals surface area (Å²) in [5.74, 6) is -0.0289. The highest BCUT2D eigenvalue weighted by atomic mass is 32.2. The fraction of sp³-hybridized carbons (Fsp3) is 0.273. The predicted molar refractivity (Wildman–Crippen MR) is 66.5 cm³/mol. The number of hydrogen-bond acceptors (Lipinski definition) is 5. The number of aliphatic carboxylic acids is 1. The Labute approximate surface area is 107 Å². The summed E-state index contributed by atoms with van der Waals surface area (Å²) in [4.78, 5) is 15.8. The Bertz CT molecular complexity index is 505. The topological polar surface area (TPSA) is 63.3 Å². The van der Waals surface area contributed by atoms with Crippen LogP contribution in [0, 0.1) is 6.92 Å². The van der Waals surface area contributed by atoms with E-state index in [1.165, 1.54) is 11.3 Å². The molecule has 0 saturated heterocycles. The number of hydrogen-bond donors (Lipinski definition) is 1. The van der Waals surface area contributed by atoms with Crippen molar-refractivity contribution in [1.29, 1.82) is 0 Å². The highest BCUT2D eigenvalue weighted by Gasteiger charge is 2.11. The van der Waals surface area contributed by atoms with E-state index in [1.54, 1.807) is 24.3 Å².